The molecule has 0 aliphatic rings. The van der Waals surface area contributed by atoms with Crippen molar-refractivity contribution in [1.82, 2.24) is 9.13 Å². The Balaban J connectivity index is 1.26. The van der Waals surface area contributed by atoms with Crippen molar-refractivity contribution >= 4 is 55.0 Å². The van der Waals surface area contributed by atoms with Gasteiger partial charge in [0.05, 0.1) is 40.9 Å². The molecule has 0 N–H and O–H groups in total. The van der Waals surface area contributed by atoms with E-state index in [4.69, 9.17) is 13.1 Å². The summed E-state index contributed by atoms with van der Waals surface area (Å²) in [6.07, 6.45) is -4.65. The van der Waals surface area contributed by atoms with Gasteiger partial charge in [0, 0.05) is 43.9 Å². The minimum atomic E-state index is -4.65. The van der Waals surface area contributed by atoms with E-state index in [1.165, 1.54) is 17.2 Å². The Morgan fingerprint density at radius 2 is 0.864 bits per heavy atom. The summed E-state index contributed by atoms with van der Waals surface area (Å²) in [7, 11) is 0. The van der Waals surface area contributed by atoms with E-state index < -0.39 is 11.7 Å². The van der Waals surface area contributed by atoms with E-state index >= 15 is 0 Å². The van der Waals surface area contributed by atoms with Crippen molar-refractivity contribution in [1.29, 1.82) is 0 Å². The van der Waals surface area contributed by atoms with Gasteiger partial charge < -0.3 is 9.13 Å². The second-order valence-electron chi connectivity index (χ2n) is 16.7. The molecule has 2 aromatic heterocycles. The molecule has 0 saturated heterocycles. The van der Waals surface area contributed by atoms with Crippen LogP contribution in [0.25, 0.3) is 109 Å². The number of nitrogens with zero attached hydrogens (tertiary/aromatic N) is 4. The second-order valence-corrected chi connectivity index (χ2v) is 16.7. The molecular weight excluding hydrogens is 822 g/mol. The molecule has 66 heavy (non-hydrogen) atoms. The number of benzene rings is 9. The highest BCUT2D eigenvalue weighted by Gasteiger charge is 2.32. The number of fused-ring (bicyclic) bond motifs is 6. The predicted octanol–water partition coefficient (Wildman–Crippen LogP) is 17.3. The van der Waals surface area contributed by atoms with Gasteiger partial charge in [-0.25, -0.2) is 9.69 Å². The van der Waals surface area contributed by atoms with Crippen LogP contribution in [0.1, 0.15) is 16.7 Å². The van der Waals surface area contributed by atoms with Crippen LogP contribution >= 0.6 is 0 Å². The Morgan fingerprint density at radius 3 is 1.38 bits per heavy atom. The van der Waals surface area contributed by atoms with Crippen LogP contribution in [0.15, 0.2) is 188 Å². The van der Waals surface area contributed by atoms with E-state index in [-0.39, 0.29) is 5.69 Å². The SMILES string of the molecule is [C-]#[N+]c1cc(C(F)(F)F)ccc1-c1cccc(-n2c3ccccc3c3cc(-c4ccc(C)cc4)ccc32)c1-c1c([N+]#[C-])cccc1-n1c2ccccc2c2cc(-c3ccc(C)cc3)ccc21. The maximum absolute atomic E-state index is 14.2. The summed E-state index contributed by atoms with van der Waals surface area (Å²) >= 11 is 0. The van der Waals surface area contributed by atoms with E-state index in [2.05, 4.69) is 142 Å². The van der Waals surface area contributed by atoms with Gasteiger partial charge in [0.25, 0.3) is 0 Å². The smallest absolute Gasteiger partial charge is 0.310 e. The van der Waals surface area contributed by atoms with Crippen molar-refractivity contribution in [2.24, 2.45) is 0 Å². The monoisotopic (exact) mass is 858 g/mol. The number of hydrogen-bond acceptors (Lipinski definition) is 0. The lowest BCUT2D eigenvalue weighted by Crippen LogP contribution is -2.05. The van der Waals surface area contributed by atoms with E-state index in [9.17, 15) is 13.2 Å². The molecule has 314 valence electrons. The Morgan fingerprint density at radius 1 is 0.394 bits per heavy atom. The molecule has 7 heteroatoms. The van der Waals surface area contributed by atoms with Gasteiger partial charge in [0.2, 0.25) is 0 Å². The molecule has 0 radical (unpaired) electrons. The van der Waals surface area contributed by atoms with Gasteiger partial charge in [-0.2, -0.15) is 13.2 Å². The van der Waals surface area contributed by atoms with Gasteiger partial charge in [0.1, 0.15) is 0 Å². The van der Waals surface area contributed by atoms with E-state index in [0.29, 0.717) is 39.3 Å². The first-order chi connectivity index (χ1) is 32.1. The fourth-order valence-corrected chi connectivity index (χ4v) is 9.62. The molecule has 4 nitrogen and oxygen atoms in total. The quantitative estimate of drug-likeness (QED) is 0.148. The zero-order valence-corrected chi connectivity index (χ0v) is 35.8. The number of hydrogen-bond donors (Lipinski definition) is 0. The molecule has 2 heterocycles. The number of para-hydroxylation sites is 2. The highest BCUT2D eigenvalue weighted by molar-refractivity contribution is 6.14. The Kier molecular flexibility index (Phi) is 9.46. The summed E-state index contributed by atoms with van der Waals surface area (Å²) in [4.78, 5) is 7.88. The molecule has 0 atom stereocenters. The van der Waals surface area contributed by atoms with Crippen LogP contribution in [-0.2, 0) is 6.18 Å². The highest BCUT2D eigenvalue weighted by Crippen LogP contribution is 2.50. The van der Waals surface area contributed by atoms with Gasteiger partial charge >= 0.3 is 6.18 Å². The van der Waals surface area contributed by atoms with Crippen molar-refractivity contribution in [2.75, 3.05) is 0 Å². The topological polar surface area (TPSA) is 18.6 Å². The predicted molar refractivity (Wildman–Crippen MR) is 264 cm³/mol. The van der Waals surface area contributed by atoms with Gasteiger partial charge in [-0.15, -0.1) is 0 Å². The van der Waals surface area contributed by atoms with Crippen LogP contribution in [-0.4, -0.2) is 9.13 Å². The molecule has 0 amide bonds. The number of rotatable bonds is 6. The fourth-order valence-electron chi connectivity index (χ4n) is 9.62. The van der Waals surface area contributed by atoms with Gasteiger partial charge in [-0.05, 0) is 102 Å². The molecule has 0 spiro atoms. The minimum absolute atomic E-state index is 0.143. The third-order valence-corrected chi connectivity index (χ3v) is 12.8. The molecule has 0 aliphatic carbocycles. The summed E-state index contributed by atoms with van der Waals surface area (Å²) in [5, 5.41) is 4.08. The van der Waals surface area contributed by atoms with Gasteiger partial charge in [0.15, 0.2) is 11.4 Å². The van der Waals surface area contributed by atoms with Crippen molar-refractivity contribution in [3.63, 3.8) is 0 Å². The zero-order valence-electron chi connectivity index (χ0n) is 35.8. The van der Waals surface area contributed by atoms with Crippen molar-refractivity contribution in [3.8, 4) is 55.9 Å². The van der Waals surface area contributed by atoms with Crippen molar-refractivity contribution in [2.45, 2.75) is 20.0 Å². The number of aryl methyl sites for hydroxylation is 2. The summed E-state index contributed by atoms with van der Waals surface area (Å²) in [6.45, 7) is 21.1. The highest BCUT2D eigenvalue weighted by atomic mass is 19.4. The first kappa shape index (κ1) is 40.1. The fraction of sp³-hybridized carbons (Fsp3) is 0.0508. The third-order valence-electron chi connectivity index (χ3n) is 12.8. The Labute approximate surface area is 379 Å². The molecule has 11 rings (SSSR count). The Bertz CT molecular complexity index is 3840. The second kappa shape index (κ2) is 15.6. The summed E-state index contributed by atoms with van der Waals surface area (Å²) in [5.41, 5.74) is 13.1. The van der Waals surface area contributed by atoms with Crippen molar-refractivity contribution < 1.29 is 13.2 Å². The lowest BCUT2D eigenvalue weighted by Gasteiger charge is -2.23. The number of alkyl halides is 3. The third kappa shape index (κ3) is 6.52. The maximum atomic E-state index is 14.2. The van der Waals surface area contributed by atoms with Crippen LogP contribution in [0.3, 0.4) is 0 Å². The van der Waals surface area contributed by atoms with E-state index in [1.807, 2.05) is 54.6 Å². The molecule has 0 unspecified atom stereocenters. The maximum Gasteiger partial charge on any atom is 0.415 e. The average Bonchev–Trinajstić information content (AvgIpc) is 3.85. The molecule has 9 aromatic carbocycles. The largest absolute Gasteiger partial charge is 0.415 e. The van der Waals surface area contributed by atoms with Crippen molar-refractivity contribution in [3.05, 3.63) is 228 Å². The Hall–Kier alpha value is -8.65. The standard InChI is InChI=1S/C59H37F3N4/c1-36-19-23-38(24-20-36)40-27-31-53-47(33-40)44-11-5-7-15-51(44)65(53)55-17-9-13-46(43-30-29-42(59(60,61)62)35-50(43)64-4)57(55)58-49(63-3)14-10-18-56(58)66-52-16-8-6-12-45(52)48-34-41(28-32-54(48)66)39-25-21-37(2)22-26-39/h5-35H,1-2H3. The van der Waals surface area contributed by atoms with E-state index in [1.54, 1.807) is 6.07 Å². The zero-order chi connectivity index (χ0) is 45.3. The van der Waals surface area contributed by atoms with Gasteiger partial charge in [-0.3, -0.25) is 0 Å². The van der Waals surface area contributed by atoms with Gasteiger partial charge in [-0.1, -0.05) is 145 Å². The number of aromatic nitrogens is 2. The number of halogens is 3. The summed E-state index contributed by atoms with van der Waals surface area (Å²) in [6, 6.07) is 61.0. The normalized spacial score (nSPS) is 11.7. The summed E-state index contributed by atoms with van der Waals surface area (Å²) < 4.78 is 47.1. The first-order valence-electron chi connectivity index (χ1n) is 21.6. The minimum Gasteiger partial charge on any atom is -0.310 e. The summed E-state index contributed by atoms with van der Waals surface area (Å²) in [5.74, 6) is 0. The van der Waals surface area contributed by atoms with Crippen LogP contribution in [0.5, 0.6) is 0 Å². The van der Waals surface area contributed by atoms with E-state index in [0.717, 1.165) is 78.0 Å². The molecule has 0 saturated carbocycles. The molecular formula is C59H37F3N4. The van der Waals surface area contributed by atoms with Crippen LogP contribution < -0.4 is 0 Å². The van der Waals surface area contributed by atoms with Crippen LogP contribution in [0.2, 0.25) is 0 Å². The molecule has 0 bridgehead atoms. The first-order valence-corrected chi connectivity index (χ1v) is 21.6. The molecule has 0 aliphatic heterocycles. The lowest BCUT2D eigenvalue weighted by molar-refractivity contribution is -0.137. The lowest BCUT2D eigenvalue weighted by atomic mass is 9.89. The van der Waals surface area contributed by atoms with Crippen LogP contribution in [0, 0.1) is 27.0 Å². The molecule has 11 aromatic rings. The average molecular weight is 859 g/mol. The molecule has 0 fully saturated rings. The van der Waals surface area contributed by atoms with Crippen LogP contribution in [0.4, 0.5) is 24.5 Å².